The molecule has 0 spiro atoms. The molecule has 0 fully saturated rings. The first-order valence-electron chi connectivity index (χ1n) is 7.11. The van der Waals surface area contributed by atoms with E-state index in [-0.39, 0.29) is 11.6 Å². The summed E-state index contributed by atoms with van der Waals surface area (Å²) < 4.78 is 57.3. The van der Waals surface area contributed by atoms with Crippen LogP contribution in [-0.2, 0) is 12.6 Å². The van der Waals surface area contributed by atoms with Crippen LogP contribution in [0.5, 0.6) is 0 Å². The van der Waals surface area contributed by atoms with Crippen LogP contribution in [0.2, 0.25) is 0 Å². The molecule has 0 saturated heterocycles. The van der Waals surface area contributed by atoms with Crippen LogP contribution in [0, 0.1) is 5.82 Å². The summed E-state index contributed by atoms with van der Waals surface area (Å²) in [4.78, 5) is 4.17. The maximum Gasteiger partial charge on any atom is 0.419 e. The van der Waals surface area contributed by atoms with Crippen LogP contribution in [-0.4, -0.2) is 4.98 Å². The van der Waals surface area contributed by atoms with Crippen molar-refractivity contribution in [1.82, 2.24) is 4.98 Å². The van der Waals surface area contributed by atoms with Gasteiger partial charge in [-0.2, -0.15) is 13.2 Å². The van der Waals surface area contributed by atoms with Gasteiger partial charge in [-0.25, -0.2) is 4.39 Å². The number of aromatic nitrogens is 1. The van der Waals surface area contributed by atoms with Crippen molar-refractivity contribution in [2.24, 2.45) is 0 Å². The van der Waals surface area contributed by atoms with Crippen molar-refractivity contribution in [3.05, 3.63) is 47.5 Å². The fourth-order valence-electron chi connectivity index (χ4n) is 2.44. The summed E-state index contributed by atoms with van der Waals surface area (Å²) in [5.74, 6) is -1.32. The molecular formula is C16H13F4N3O. The second-order valence-corrected chi connectivity index (χ2v) is 5.15. The van der Waals surface area contributed by atoms with E-state index in [1.54, 1.807) is 12.3 Å². The quantitative estimate of drug-likeness (QED) is 0.668. The Balaban J connectivity index is 2.06. The number of nitrogen functional groups attached to an aromatic ring is 1. The SMILES string of the molecule is CCc1nccc2c(Nc3ccc(F)c(C(F)(F)F)c3)c(N)oc12. The fraction of sp³-hybridized carbons (Fsp3) is 0.188. The molecule has 4 nitrogen and oxygen atoms in total. The lowest BCUT2D eigenvalue weighted by Crippen LogP contribution is -2.08. The molecule has 0 aliphatic heterocycles. The summed E-state index contributed by atoms with van der Waals surface area (Å²) in [6, 6.07) is 4.29. The standard InChI is InChI=1S/C16H13F4N3O/c1-2-12-14-9(5-6-22-12)13(15(21)24-14)23-8-3-4-11(17)10(7-8)16(18,19)20/h3-7,23H,2,21H2,1H3. The number of nitrogens with two attached hydrogens (primary N) is 1. The van der Waals surface area contributed by atoms with Crippen molar-refractivity contribution in [3.63, 3.8) is 0 Å². The first kappa shape index (κ1) is 16.1. The summed E-state index contributed by atoms with van der Waals surface area (Å²) in [6.07, 6.45) is -2.61. The zero-order valence-electron chi connectivity index (χ0n) is 12.5. The highest BCUT2D eigenvalue weighted by Crippen LogP contribution is 2.38. The van der Waals surface area contributed by atoms with Crippen LogP contribution < -0.4 is 11.1 Å². The molecule has 0 aliphatic carbocycles. The van der Waals surface area contributed by atoms with Gasteiger partial charge < -0.3 is 15.5 Å². The molecule has 24 heavy (non-hydrogen) atoms. The second-order valence-electron chi connectivity index (χ2n) is 5.15. The number of halogens is 4. The van der Waals surface area contributed by atoms with Gasteiger partial charge in [0.15, 0.2) is 5.58 Å². The van der Waals surface area contributed by atoms with Gasteiger partial charge in [0.25, 0.3) is 0 Å². The molecule has 0 aliphatic rings. The first-order chi connectivity index (χ1) is 11.3. The van der Waals surface area contributed by atoms with Gasteiger partial charge in [-0.15, -0.1) is 0 Å². The van der Waals surface area contributed by atoms with Gasteiger partial charge in [0, 0.05) is 17.3 Å². The van der Waals surface area contributed by atoms with Gasteiger partial charge in [0.2, 0.25) is 5.88 Å². The molecule has 1 aromatic carbocycles. The number of alkyl halides is 3. The zero-order valence-corrected chi connectivity index (χ0v) is 12.5. The number of nitrogens with zero attached hydrogens (tertiary/aromatic N) is 1. The van der Waals surface area contributed by atoms with E-state index in [0.29, 0.717) is 34.8 Å². The number of furan rings is 1. The average Bonchev–Trinajstić information content (AvgIpc) is 2.84. The fourth-order valence-corrected chi connectivity index (χ4v) is 2.44. The van der Waals surface area contributed by atoms with Gasteiger partial charge in [-0.05, 0) is 30.7 Å². The predicted octanol–water partition coefficient (Wildman–Crippen LogP) is 4.87. The number of anilines is 3. The largest absolute Gasteiger partial charge is 0.437 e. The van der Waals surface area contributed by atoms with E-state index in [0.717, 1.165) is 6.07 Å². The van der Waals surface area contributed by atoms with Gasteiger partial charge >= 0.3 is 6.18 Å². The highest BCUT2D eigenvalue weighted by Gasteiger charge is 2.34. The molecule has 3 rings (SSSR count). The Kier molecular flexibility index (Phi) is 3.82. The smallest absolute Gasteiger partial charge is 0.419 e. The molecule has 0 bridgehead atoms. The third-order valence-electron chi connectivity index (χ3n) is 3.58. The predicted molar refractivity (Wildman–Crippen MR) is 82.5 cm³/mol. The lowest BCUT2D eigenvalue weighted by Gasteiger charge is -2.11. The molecule has 2 aromatic heterocycles. The number of nitrogens with one attached hydrogen (secondary N) is 1. The minimum absolute atomic E-state index is 0.0191. The van der Waals surface area contributed by atoms with E-state index in [2.05, 4.69) is 10.3 Å². The van der Waals surface area contributed by atoms with E-state index in [1.165, 1.54) is 6.07 Å². The number of pyridine rings is 1. The van der Waals surface area contributed by atoms with E-state index >= 15 is 0 Å². The number of rotatable bonds is 3. The number of aryl methyl sites for hydroxylation is 1. The van der Waals surface area contributed by atoms with Crippen LogP contribution in [0.25, 0.3) is 11.0 Å². The normalized spacial score (nSPS) is 11.9. The molecule has 0 atom stereocenters. The Morgan fingerprint density at radius 3 is 2.67 bits per heavy atom. The topological polar surface area (TPSA) is 64.1 Å². The van der Waals surface area contributed by atoms with Gasteiger partial charge in [-0.1, -0.05) is 6.92 Å². The number of hydrogen-bond donors (Lipinski definition) is 2. The molecule has 0 radical (unpaired) electrons. The second kappa shape index (κ2) is 5.70. The molecular weight excluding hydrogens is 326 g/mol. The maximum absolute atomic E-state index is 13.4. The van der Waals surface area contributed by atoms with Crippen LogP contribution in [0.1, 0.15) is 18.2 Å². The molecule has 0 unspecified atom stereocenters. The Morgan fingerprint density at radius 2 is 2.00 bits per heavy atom. The molecule has 8 heteroatoms. The van der Waals surface area contributed by atoms with Crippen molar-refractivity contribution in [3.8, 4) is 0 Å². The minimum atomic E-state index is -4.79. The molecule has 3 N–H and O–H groups in total. The number of benzene rings is 1. The Hall–Kier alpha value is -2.77. The monoisotopic (exact) mass is 339 g/mol. The van der Waals surface area contributed by atoms with Crippen LogP contribution in [0.3, 0.4) is 0 Å². The molecule has 126 valence electrons. The van der Waals surface area contributed by atoms with Gasteiger partial charge in [0.1, 0.15) is 11.5 Å². The highest BCUT2D eigenvalue weighted by atomic mass is 19.4. The van der Waals surface area contributed by atoms with Crippen LogP contribution >= 0.6 is 0 Å². The Morgan fingerprint density at radius 1 is 1.25 bits per heavy atom. The van der Waals surface area contributed by atoms with Crippen molar-refractivity contribution in [2.45, 2.75) is 19.5 Å². The van der Waals surface area contributed by atoms with E-state index in [9.17, 15) is 17.6 Å². The molecule has 3 aromatic rings. The average molecular weight is 339 g/mol. The van der Waals surface area contributed by atoms with Crippen molar-refractivity contribution < 1.29 is 22.0 Å². The third-order valence-corrected chi connectivity index (χ3v) is 3.58. The summed E-state index contributed by atoms with van der Waals surface area (Å²) in [6.45, 7) is 1.89. The number of fused-ring (bicyclic) bond motifs is 1. The molecule has 2 heterocycles. The van der Waals surface area contributed by atoms with E-state index < -0.39 is 17.6 Å². The van der Waals surface area contributed by atoms with Crippen LogP contribution in [0.4, 0.5) is 34.8 Å². The lowest BCUT2D eigenvalue weighted by molar-refractivity contribution is -0.139. The highest BCUT2D eigenvalue weighted by molar-refractivity contribution is 5.99. The van der Waals surface area contributed by atoms with E-state index in [4.69, 9.17) is 10.2 Å². The van der Waals surface area contributed by atoms with E-state index in [1.807, 2.05) is 6.92 Å². The Bertz CT molecular complexity index is 902. The maximum atomic E-state index is 13.4. The summed E-state index contributed by atoms with van der Waals surface area (Å²) in [7, 11) is 0. The molecule has 0 saturated carbocycles. The van der Waals surface area contributed by atoms with Crippen molar-refractivity contribution in [1.29, 1.82) is 0 Å². The lowest BCUT2D eigenvalue weighted by atomic mass is 10.1. The minimum Gasteiger partial charge on any atom is -0.437 e. The van der Waals surface area contributed by atoms with Crippen molar-refractivity contribution in [2.75, 3.05) is 11.1 Å². The zero-order chi connectivity index (χ0) is 17.5. The van der Waals surface area contributed by atoms with Crippen LogP contribution in [0.15, 0.2) is 34.9 Å². The van der Waals surface area contributed by atoms with Gasteiger partial charge in [-0.3, -0.25) is 4.98 Å². The summed E-state index contributed by atoms with van der Waals surface area (Å²) in [5.41, 5.74) is 6.00. The molecule has 0 amide bonds. The summed E-state index contributed by atoms with van der Waals surface area (Å²) in [5, 5.41) is 3.37. The Labute approximate surface area is 134 Å². The third kappa shape index (κ3) is 2.75. The van der Waals surface area contributed by atoms with Crippen molar-refractivity contribution >= 4 is 28.2 Å². The van der Waals surface area contributed by atoms with Gasteiger partial charge in [0.05, 0.1) is 11.3 Å². The first-order valence-corrected chi connectivity index (χ1v) is 7.11. The number of hydrogen-bond acceptors (Lipinski definition) is 4. The summed E-state index contributed by atoms with van der Waals surface area (Å²) >= 11 is 0.